The summed E-state index contributed by atoms with van der Waals surface area (Å²) in [6, 6.07) is 27.6. The molecule has 0 saturated carbocycles. The molecule has 0 saturated heterocycles. The molecule has 0 unspecified atom stereocenters. The fourth-order valence-electron chi connectivity index (χ4n) is 2.51. The van der Waals surface area contributed by atoms with Crippen LogP contribution >= 0.6 is 0 Å². The van der Waals surface area contributed by atoms with E-state index < -0.39 is 0 Å². The number of benzene rings is 3. The second-order valence-electron chi connectivity index (χ2n) is 5.45. The molecule has 0 spiro atoms. The first-order valence-corrected chi connectivity index (χ1v) is 7.99. The summed E-state index contributed by atoms with van der Waals surface area (Å²) in [7, 11) is 0. The van der Waals surface area contributed by atoms with Gasteiger partial charge in [0.25, 0.3) is 0 Å². The van der Waals surface area contributed by atoms with Crippen molar-refractivity contribution in [3.8, 4) is 5.75 Å². The number of phenolic OH excluding ortho intramolecular Hbond substituents is 1. The highest BCUT2D eigenvalue weighted by Crippen LogP contribution is 2.26. The van der Waals surface area contributed by atoms with Crippen LogP contribution in [0.25, 0.3) is 0 Å². The van der Waals surface area contributed by atoms with E-state index in [4.69, 9.17) is 0 Å². The highest BCUT2D eigenvalue weighted by atomic mass is 16.3. The SMILES string of the molecule is Oc1ccc(N(CCN=Cc2ccccc2)c2ccccc2)cc1. The van der Waals surface area contributed by atoms with Gasteiger partial charge in [-0.3, -0.25) is 4.99 Å². The molecule has 3 aromatic carbocycles. The molecule has 0 atom stereocenters. The van der Waals surface area contributed by atoms with Gasteiger partial charge in [-0.1, -0.05) is 48.5 Å². The number of phenols is 1. The van der Waals surface area contributed by atoms with E-state index in [-0.39, 0.29) is 5.75 Å². The molecule has 0 aliphatic carbocycles. The number of hydrogen-bond acceptors (Lipinski definition) is 3. The second-order valence-corrected chi connectivity index (χ2v) is 5.45. The summed E-state index contributed by atoms with van der Waals surface area (Å²) in [5.41, 5.74) is 3.25. The molecule has 3 rings (SSSR count). The minimum absolute atomic E-state index is 0.272. The lowest BCUT2D eigenvalue weighted by atomic mass is 10.2. The van der Waals surface area contributed by atoms with E-state index in [9.17, 15) is 5.11 Å². The fraction of sp³-hybridized carbons (Fsp3) is 0.0952. The number of rotatable bonds is 6. The molecule has 0 bridgehead atoms. The molecule has 120 valence electrons. The van der Waals surface area contributed by atoms with Crippen molar-refractivity contribution in [2.75, 3.05) is 18.0 Å². The van der Waals surface area contributed by atoms with Crippen LogP contribution in [0.2, 0.25) is 0 Å². The van der Waals surface area contributed by atoms with Crippen LogP contribution in [0.4, 0.5) is 11.4 Å². The topological polar surface area (TPSA) is 35.8 Å². The molecule has 0 heterocycles. The third-order valence-corrected chi connectivity index (χ3v) is 3.72. The quantitative estimate of drug-likeness (QED) is 0.672. The lowest BCUT2D eigenvalue weighted by molar-refractivity contribution is 0.475. The average Bonchev–Trinajstić information content (AvgIpc) is 2.64. The van der Waals surface area contributed by atoms with Crippen molar-refractivity contribution in [1.29, 1.82) is 0 Å². The summed E-state index contributed by atoms with van der Waals surface area (Å²) in [6.45, 7) is 1.45. The van der Waals surface area contributed by atoms with Gasteiger partial charge in [0, 0.05) is 24.1 Å². The molecule has 0 aliphatic heterocycles. The molecule has 3 heteroatoms. The first kappa shape index (κ1) is 15.8. The lowest BCUT2D eigenvalue weighted by Crippen LogP contribution is -2.20. The summed E-state index contributed by atoms with van der Waals surface area (Å²) in [6.07, 6.45) is 1.90. The van der Waals surface area contributed by atoms with E-state index >= 15 is 0 Å². The third-order valence-electron chi connectivity index (χ3n) is 3.72. The Balaban J connectivity index is 1.73. The molecular formula is C21H20N2O. The van der Waals surface area contributed by atoms with Crippen molar-refractivity contribution in [1.82, 2.24) is 0 Å². The molecular weight excluding hydrogens is 296 g/mol. The van der Waals surface area contributed by atoms with Gasteiger partial charge in [0.1, 0.15) is 5.75 Å². The molecule has 0 radical (unpaired) electrons. The molecule has 0 aromatic heterocycles. The average molecular weight is 316 g/mol. The monoisotopic (exact) mass is 316 g/mol. The van der Waals surface area contributed by atoms with Crippen LogP contribution in [0, 0.1) is 0 Å². The van der Waals surface area contributed by atoms with Gasteiger partial charge in [-0.05, 0) is 42.0 Å². The zero-order valence-electron chi connectivity index (χ0n) is 13.4. The standard InChI is InChI=1S/C21H20N2O/c24-21-13-11-20(12-14-21)23(19-9-5-2-6-10-19)16-15-22-17-18-7-3-1-4-8-18/h1-14,17,24H,15-16H2. The molecule has 3 aromatic rings. The van der Waals surface area contributed by atoms with Crippen LogP contribution in [0.3, 0.4) is 0 Å². The summed E-state index contributed by atoms with van der Waals surface area (Å²) >= 11 is 0. The number of hydrogen-bond donors (Lipinski definition) is 1. The molecule has 0 aliphatic rings. The summed E-state index contributed by atoms with van der Waals surface area (Å²) in [5, 5.41) is 9.51. The van der Waals surface area contributed by atoms with Gasteiger partial charge in [-0.2, -0.15) is 0 Å². The van der Waals surface area contributed by atoms with E-state index in [1.807, 2.05) is 66.9 Å². The van der Waals surface area contributed by atoms with Crippen LogP contribution in [0.5, 0.6) is 5.75 Å². The van der Waals surface area contributed by atoms with E-state index in [1.54, 1.807) is 12.1 Å². The minimum atomic E-state index is 0.272. The Labute approximate surface area is 142 Å². The van der Waals surface area contributed by atoms with Crippen LogP contribution in [0.1, 0.15) is 5.56 Å². The normalized spacial score (nSPS) is 10.8. The molecule has 0 amide bonds. The summed E-state index contributed by atoms with van der Waals surface area (Å²) < 4.78 is 0. The van der Waals surface area contributed by atoms with Gasteiger partial charge in [0.2, 0.25) is 0 Å². The predicted octanol–water partition coefficient (Wildman–Crippen LogP) is 4.65. The predicted molar refractivity (Wildman–Crippen MR) is 100 cm³/mol. The van der Waals surface area contributed by atoms with Gasteiger partial charge in [-0.15, -0.1) is 0 Å². The van der Waals surface area contributed by atoms with Crippen molar-refractivity contribution < 1.29 is 5.11 Å². The van der Waals surface area contributed by atoms with Crippen molar-refractivity contribution >= 4 is 17.6 Å². The van der Waals surface area contributed by atoms with Crippen LogP contribution in [-0.4, -0.2) is 24.4 Å². The number of nitrogens with zero attached hydrogens (tertiary/aromatic N) is 2. The number of para-hydroxylation sites is 1. The number of aromatic hydroxyl groups is 1. The van der Waals surface area contributed by atoms with Gasteiger partial charge >= 0.3 is 0 Å². The Morgan fingerprint density at radius 1 is 0.750 bits per heavy atom. The van der Waals surface area contributed by atoms with Crippen molar-refractivity contribution in [2.45, 2.75) is 0 Å². The summed E-state index contributed by atoms with van der Waals surface area (Å²) in [5.74, 6) is 0.272. The highest BCUT2D eigenvalue weighted by molar-refractivity contribution is 5.79. The zero-order chi connectivity index (χ0) is 16.6. The van der Waals surface area contributed by atoms with Crippen molar-refractivity contribution in [3.05, 3.63) is 90.5 Å². The number of aliphatic imine (C=N–C) groups is 1. The molecule has 3 nitrogen and oxygen atoms in total. The lowest BCUT2D eigenvalue weighted by Gasteiger charge is -2.24. The van der Waals surface area contributed by atoms with Gasteiger partial charge in [0.05, 0.1) is 6.54 Å². The second kappa shape index (κ2) is 7.97. The van der Waals surface area contributed by atoms with E-state index in [0.717, 1.165) is 23.5 Å². The number of anilines is 2. The maximum atomic E-state index is 9.51. The van der Waals surface area contributed by atoms with Crippen LogP contribution in [-0.2, 0) is 0 Å². The van der Waals surface area contributed by atoms with Crippen molar-refractivity contribution in [3.63, 3.8) is 0 Å². The highest BCUT2D eigenvalue weighted by Gasteiger charge is 2.08. The fourth-order valence-corrected chi connectivity index (χ4v) is 2.51. The maximum Gasteiger partial charge on any atom is 0.115 e. The summed E-state index contributed by atoms with van der Waals surface area (Å²) in [4.78, 5) is 6.73. The Bertz CT molecular complexity index is 768. The van der Waals surface area contributed by atoms with Crippen LogP contribution < -0.4 is 4.90 Å². The third kappa shape index (κ3) is 4.23. The maximum absolute atomic E-state index is 9.51. The van der Waals surface area contributed by atoms with Gasteiger partial charge in [0.15, 0.2) is 0 Å². The first-order chi connectivity index (χ1) is 11.8. The van der Waals surface area contributed by atoms with Gasteiger partial charge in [-0.25, -0.2) is 0 Å². The van der Waals surface area contributed by atoms with Crippen molar-refractivity contribution in [2.24, 2.45) is 4.99 Å². The first-order valence-electron chi connectivity index (χ1n) is 7.99. The van der Waals surface area contributed by atoms with E-state index in [1.165, 1.54) is 0 Å². The Morgan fingerprint density at radius 2 is 1.33 bits per heavy atom. The van der Waals surface area contributed by atoms with Gasteiger partial charge < -0.3 is 10.0 Å². The Morgan fingerprint density at radius 3 is 2.00 bits per heavy atom. The molecule has 1 N–H and O–H groups in total. The van der Waals surface area contributed by atoms with Crippen LogP contribution in [0.15, 0.2) is 89.9 Å². The molecule has 24 heavy (non-hydrogen) atoms. The largest absolute Gasteiger partial charge is 0.508 e. The Hall–Kier alpha value is -3.07. The molecule has 0 fully saturated rings. The minimum Gasteiger partial charge on any atom is -0.508 e. The zero-order valence-corrected chi connectivity index (χ0v) is 13.4. The van der Waals surface area contributed by atoms with E-state index in [0.29, 0.717) is 6.54 Å². The smallest absolute Gasteiger partial charge is 0.115 e. The van der Waals surface area contributed by atoms with E-state index in [2.05, 4.69) is 22.0 Å². The Kier molecular flexibility index (Phi) is 5.25.